The summed E-state index contributed by atoms with van der Waals surface area (Å²) in [6.07, 6.45) is 1.62. The molecule has 5 rings (SSSR count). The third-order valence-electron chi connectivity index (χ3n) is 5.00. The molecule has 2 aromatic heterocycles. The van der Waals surface area contributed by atoms with E-state index in [1.165, 1.54) is 11.8 Å². The summed E-state index contributed by atoms with van der Waals surface area (Å²) in [5.41, 5.74) is 2.12. The monoisotopic (exact) mass is 448 g/mol. The molecule has 0 saturated carbocycles. The van der Waals surface area contributed by atoms with Gasteiger partial charge in [-0.25, -0.2) is 0 Å². The molecule has 1 amide bonds. The molecule has 0 fully saturated rings. The number of rotatable bonds is 6. The molecule has 2 aromatic carbocycles. The summed E-state index contributed by atoms with van der Waals surface area (Å²) < 4.78 is 7.57. The number of carbonyl (C=O) groups is 1. The van der Waals surface area contributed by atoms with Crippen molar-refractivity contribution in [2.24, 2.45) is 0 Å². The first kappa shape index (κ1) is 20.0. The van der Waals surface area contributed by atoms with E-state index in [1.54, 1.807) is 18.0 Å². The fraction of sp³-hybridized carbons (Fsp3) is 0.174. The summed E-state index contributed by atoms with van der Waals surface area (Å²) in [5, 5.41) is 9.42. The van der Waals surface area contributed by atoms with Crippen molar-refractivity contribution in [3.05, 3.63) is 78.6 Å². The van der Waals surface area contributed by atoms with Crippen molar-refractivity contribution in [1.29, 1.82) is 0 Å². The van der Waals surface area contributed by atoms with Gasteiger partial charge in [0.05, 0.1) is 24.2 Å². The van der Waals surface area contributed by atoms with Gasteiger partial charge in [-0.15, -0.1) is 22.0 Å². The normalized spacial score (nSPS) is 13.2. The molecule has 8 heteroatoms. The molecule has 0 radical (unpaired) electrons. The highest BCUT2D eigenvalue weighted by molar-refractivity contribution is 8.00. The van der Waals surface area contributed by atoms with Crippen LogP contribution in [-0.4, -0.2) is 38.7 Å². The second kappa shape index (κ2) is 9.03. The third kappa shape index (κ3) is 4.26. The molecule has 156 valence electrons. The van der Waals surface area contributed by atoms with Gasteiger partial charge in [0.2, 0.25) is 11.7 Å². The van der Waals surface area contributed by atoms with E-state index < -0.39 is 0 Å². The van der Waals surface area contributed by atoms with Gasteiger partial charge in [0.1, 0.15) is 0 Å². The molecule has 0 bridgehead atoms. The summed E-state index contributed by atoms with van der Waals surface area (Å²) in [6, 6.07) is 21.9. The minimum absolute atomic E-state index is 0.0755. The van der Waals surface area contributed by atoms with Crippen LogP contribution in [0.3, 0.4) is 0 Å². The zero-order chi connectivity index (χ0) is 21.0. The Hall–Kier alpha value is -2.97. The fourth-order valence-corrected chi connectivity index (χ4v) is 5.33. The van der Waals surface area contributed by atoms with Gasteiger partial charge >= 0.3 is 0 Å². The van der Waals surface area contributed by atoms with Crippen LogP contribution in [0.1, 0.15) is 5.56 Å². The fourth-order valence-electron chi connectivity index (χ4n) is 3.52. The predicted octanol–water partition coefficient (Wildman–Crippen LogP) is 4.82. The lowest BCUT2D eigenvalue weighted by molar-refractivity contribution is -0.116. The zero-order valence-electron chi connectivity index (χ0n) is 16.7. The van der Waals surface area contributed by atoms with E-state index in [1.807, 2.05) is 58.0 Å². The van der Waals surface area contributed by atoms with Crippen molar-refractivity contribution >= 4 is 35.1 Å². The van der Waals surface area contributed by atoms with Crippen molar-refractivity contribution < 1.29 is 9.21 Å². The van der Waals surface area contributed by atoms with E-state index in [2.05, 4.69) is 28.4 Å². The number of aromatic nitrogens is 3. The molecule has 0 aliphatic carbocycles. The zero-order valence-corrected chi connectivity index (χ0v) is 18.3. The number of para-hydroxylation sites is 1. The maximum Gasteiger partial charge on any atom is 0.237 e. The number of anilines is 1. The van der Waals surface area contributed by atoms with Crippen LogP contribution in [0.5, 0.6) is 0 Å². The highest BCUT2D eigenvalue weighted by atomic mass is 32.2. The number of benzene rings is 2. The van der Waals surface area contributed by atoms with Gasteiger partial charge in [0, 0.05) is 17.2 Å². The smallest absolute Gasteiger partial charge is 0.237 e. The molecule has 1 aliphatic rings. The predicted molar refractivity (Wildman–Crippen MR) is 124 cm³/mol. The molecular weight excluding hydrogens is 428 g/mol. The third-order valence-corrected chi connectivity index (χ3v) is 6.99. The average molecular weight is 449 g/mol. The van der Waals surface area contributed by atoms with Gasteiger partial charge in [0.25, 0.3) is 0 Å². The number of carbonyl (C=O) groups excluding carboxylic acids is 1. The van der Waals surface area contributed by atoms with E-state index in [-0.39, 0.29) is 5.91 Å². The Kier molecular flexibility index (Phi) is 5.82. The van der Waals surface area contributed by atoms with Crippen LogP contribution in [0, 0.1) is 0 Å². The summed E-state index contributed by atoms with van der Waals surface area (Å²) in [7, 11) is 0. The van der Waals surface area contributed by atoms with Crippen LogP contribution in [0.2, 0.25) is 0 Å². The Balaban J connectivity index is 1.38. The maximum atomic E-state index is 13.1. The number of thioether (sulfide) groups is 2. The molecule has 0 saturated heterocycles. The number of furan rings is 1. The number of fused-ring (bicyclic) bond motifs is 1. The van der Waals surface area contributed by atoms with Crippen molar-refractivity contribution in [2.75, 3.05) is 23.0 Å². The lowest BCUT2D eigenvalue weighted by atomic mass is 10.2. The van der Waals surface area contributed by atoms with Gasteiger partial charge in [-0.2, -0.15) is 0 Å². The van der Waals surface area contributed by atoms with Crippen LogP contribution in [0.25, 0.3) is 11.6 Å². The molecule has 0 spiro atoms. The standard InChI is InChI=1S/C23H20N4O2S2/c28-21(26-12-14-30-20-11-5-4-9-18(20)26)16-31-23-25-24-22(19-10-6-13-29-19)27(23)15-17-7-2-1-3-8-17/h1-11,13H,12,14-16H2. The van der Waals surface area contributed by atoms with E-state index in [0.29, 0.717) is 29.0 Å². The van der Waals surface area contributed by atoms with Gasteiger partial charge in [0.15, 0.2) is 10.9 Å². The summed E-state index contributed by atoms with van der Waals surface area (Å²) in [6.45, 7) is 1.32. The summed E-state index contributed by atoms with van der Waals surface area (Å²) >= 11 is 3.20. The Labute approximate surface area is 188 Å². The second-order valence-electron chi connectivity index (χ2n) is 7.01. The Morgan fingerprint density at radius 1 is 1.03 bits per heavy atom. The lowest BCUT2D eigenvalue weighted by Crippen LogP contribution is -2.36. The van der Waals surface area contributed by atoms with Crippen LogP contribution in [0.4, 0.5) is 5.69 Å². The molecule has 3 heterocycles. The van der Waals surface area contributed by atoms with Crippen LogP contribution >= 0.6 is 23.5 Å². The lowest BCUT2D eigenvalue weighted by Gasteiger charge is -2.28. The van der Waals surface area contributed by atoms with Crippen molar-refractivity contribution in [3.63, 3.8) is 0 Å². The molecule has 1 aliphatic heterocycles. The van der Waals surface area contributed by atoms with E-state index in [4.69, 9.17) is 4.42 Å². The van der Waals surface area contributed by atoms with Gasteiger partial charge < -0.3 is 9.32 Å². The van der Waals surface area contributed by atoms with Gasteiger partial charge in [-0.1, -0.05) is 54.2 Å². The second-order valence-corrected chi connectivity index (χ2v) is 9.08. The van der Waals surface area contributed by atoms with Crippen LogP contribution in [-0.2, 0) is 11.3 Å². The first-order valence-corrected chi connectivity index (χ1v) is 11.9. The Morgan fingerprint density at radius 3 is 2.71 bits per heavy atom. The van der Waals surface area contributed by atoms with Crippen molar-refractivity contribution in [1.82, 2.24) is 14.8 Å². The molecule has 0 atom stereocenters. The summed E-state index contributed by atoms with van der Waals surface area (Å²) in [5.74, 6) is 2.59. The van der Waals surface area contributed by atoms with Crippen LogP contribution in [0.15, 0.2) is 87.5 Å². The van der Waals surface area contributed by atoms with E-state index in [9.17, 15) is 4.79 Å². The van der Waals surface area contributed by atoms with Crippen molar-refractivity contribution in [3.8, 4) is 11.6 Å². The highest BCUT2D eigenvalue weighted by Crippen LogP contribution is 2.35. The van der Waals surface area contributed by atoms with Gasteiger partial charge in [-0.05, 0) is 29.8 Å². The quantitative estimate of drug-likeness (QED) is 0.394. The van der Waals surface area contributed by atoms with Gasteiger partial charge in [-0.3, -0.25) is 9.36 Å². The first-order chi connectivity index (χ1) is 15.3. The van der Waals surface area contributed by atoms with E-state index >= 15 is 0 Å². The largest absolute Gasteiger partial charge is 0.461 e. The molecule has 4 aromatic rings. The minimum atomic E-state index is 0.0755. The molecular formula is C23H20N4O2S2. The Morgan fingerprint density at radius 2 is 1.87 bits per heavy atom. The summed E-state index contributed by atoms with van der Waals surface area (Å²) in [4.78, 5) is 16.1. The minimum Gasteiger partial charge on any atom is -0.461 e. The first-order valence-electron chi connectivity index (χ1n) is 9.95. The number of hydrogen-bond acceptors (Lipinski definition) is 6. The SMILES string of the molecule is O=C(CSc1nnc(-c2ccco2)n1Cc1ccccc1)N1CCSc2ccccc21. The van der Waals surface area contributed by atoms with Crippen LogP contribution < -0.4 is 4.90 Å². The highest BCUT2D eigenvalue weighted by Gasteiger charge is 2.24. The number of hydrogen-bond donors (Lipinski definition) is 0. The molecule has 0 unspecified atom stereocenters. The van der Waals surface area contributed by atoms with Crippen molar-refractivity contribution in [2.45, 2.75) is 16.6 Å². The molecule has 0 N–H and O–H groups in total. The maximum absolute atomic E-state index is 13.1. The Bertz CT molecular complexity index is 1180. The number of amides is 1. The van der Waals surface area contributed by atoms with E-state index in [0.717, 1.165) is 28.4 Å². The average Bonchev–Trinajstić information content (AvgIpc) is 3.48. The topological polar surface area (TPSA) is 64.2 Å². The molecule has 6 nitrogen and oxygen atoms in total. The molecule has 31 heavy (non-hydrogen) atoms. The number of nitrogens with zero attached hydrogens (tertiary/aromatic N) is 4.